The number of H-pyrrole nitrogens is 1. The molecule has 0 bridgehead atoms. The van der Waals surface area contributed by atoms with Gasteiger partial charge in [0.25, 0.3) is 5.91 Å². The number of hydrogen-bond donors (Lipinski definition) is 3. The van der Waals surface area contributed by atoms with Crippen molar-refractivity contribution in [3.63, 3.8) is 0 Å². The van der Waals surface area contributed by atoms with Crippen LogP contribution in [0.15, 0.2) is 37.3 Å². The number of amides is 1. The first-order chi connectivity index (χ1) is 11.2. The zero-order chi connectivity index (χ0) is 16.2. The highest BCUT2D eigenvalue weighted by Crippen LogP contribution is 2.13. The van der Waals surface area contributed by atoms with Crippen molar-refractivity contribution in [3.8, 4) is 0 Å². The van der Waals surface area contributed by atoms with E-state index >= 15 is 0 Å². The Kier molecular flexibility index (Phi) is 4.18. The summed E-state index contributed by atoms with van der Waals surface area (Å²) in [7, 11) is 0. The number of carbonyl (C=O) groups is 1. The minimum atomic E-state index is -0.293. The number of hydrogen-bond acceptors (Lipinski definition) is 4. The van der Waals surface area contributed by atoms with Crippen molar-refractivity contribution in [1.29, 1.82) is 5.41 Å². The van der Waals surface area contributed by atoms with Crippen molar-refractivity contribution in [3.05, 3.63) is 54.4 Å². The van der Waals surface area contributed by atoms with E-state index in [-0.39, 0.29) is 17.8 Å². The second-order valence-corrected chi connectivity index (χ2v) is 5.38. The van der Waals surface area contributed by atoms with Crippen LogP contribution in [0.2, 0.25) is 0 Å². The summed E-state index contributed by atoms with van der Waals surface area (Å²) in [5.41, 5.74) is 1.55. The van der Waals surface area contributed by atoms with Crippen LogP contribution in [0.4, 0.5) is 0 Å². The van der Waals surface area contributed by atoms with Gasteiger partial charge in [0.2, 0.25) is 5.82 Å². The van der Waals surface area contributed by atoms with Crippen molar-refractivity contribution < 1.29 is 4.79 Å². The van der Waals surface area contributed by atoms with E-state index in [1.54, 1.807) is 24.7 Å². The molecule has 1 amide bonds. The van der Waals surface area contributed by atoms with Gasteiger partial charge in [0, 0.05) is 43.3 Å². The Labute approximate surface area is 134 Å². The molecule has 1 atom stereocenters. The van der Waals surface area contributed by atoms with Crippen LogP contribution in [0.5, 0.6) is 0 Å². The van der Waals surface area contributed by atoms with Crippen molar-refractivity contribution in [2.45, 2.75) is 12.5 Å². The Balaban J connectivity index is 1.57. The van der Waals surface area contributed by atoms with Crippen molar-refractivity contribution >= 4 is 17.8 Å². The quantitative estimate of drug-likeness (QED) is 0.585. The summed E-state index contributed by atoms with van der Waals surface area (Å²) in [6.45, 7) is 4.97. The molecule has 0 radical (unpaired) electrons. The van der Waals surface area contributed by atoms with Gasteiger partial charge in [-0.2, -0.15) is 0 Å². The summed E-state index contributed by atoms with van der Waals surface area (Å²) in [4.78, 5) is 25.2. The van der Waals surface area contributed by atoms with Gasteiger partial charge in [-0.15, -0.1) is 0 Å². The van der Waals surface area contributed by atoms with Crippen molar-refractivity contribution in [2.75, 3.05) is 13.1 Å². The molecule has 7 nitrogen and oxygen atoms in total. The largest absolute Gasteiger partial charge is 0.359 e. The number of nitrogens with one attached hydrogen (secondary N) is 3. The van der Waals surface area contributed by atoms with Crippen LogP contribution in [0.3, 0.4) is 0 Å². The highest BCUT2D eigenvalue weighted by molar-refractivity contribution is 5.95. The third-order valence-electron chi connectivity index (χ3n) is 3.80. The maximum atomic E-state index is 12.2. The Morgan fingerprint density at radius 2 is 2.26 bits per heavy atom. The summed E-state index contributed by atoms with van der Waals surface area (Å²) >= 11 is 0. The van der Waals surface area contributed by atoms with E-state index in [0.717, 1.165) is 24.2 Å². The van der Waals surface area contributed by atoms with Crippen molar-refractivity contribution in [1.82, 2.24) is 25.2 Å². The molecule has 7 heteroatoms. The molecule has 1 saturated heterocycles. The van der Waals surface area contributed by atoms with Crippen LogP contribution in [-0.4, -0.2) is 50.7 Å². The van der Waals surface area contributed by atoms with E-state index in [1.165, 1.54) is 0 Å². The van der Waals surface area contributed by atoms with Crippen LogP contribution in [0.25, 0.3) is 6.08 Å². The molecule has 0 unspecified atom stereocenters. The van der Waals surface area contributed by atoms with Crippen LogP contribution in [0, 0.1) is 5.41 Å². The summed E-state index contributed by atoms with van der Waals surface area (Å²) in [6.07, 6.45) is 7.35. The van der Waals surface area contributed by atoms with Gasteiger partial charge in [-0.25, -0.2) is 9.97 Å². The Hall–Kier alpha value is -2.96. The fourth-order valence-corrected chi connectivity index (χ4v) is 2.54. The summed E-state index contributed by atoms with van der Waals surface area (Å²) < 4.78 is 0. The van der Waals surface area contributed by atoms with Gasteiger partial charge in [-0.3, -0.25) is 10.2 Å². The molecule has 2 aromatic rings. The number of nitrogens with zero attached hydrogens (tertiary/aromatic N) is 3. The number of rotatable bonds is 4. The third-order valence-corrected chi connectivity index (χ3v) is 3.80. The molecule has 0 spiro atoms. The summed E-state index contributed by atoms with van der Waals surface area (Å²) in [6, 6.07) is 3.72. The van der Waals surface area contributed by atoms with Gasteiger partial charge in [0.15, 0.2) is 0 Å². The van der Waals surface area contributed by atoms with Gasteiger partial charge in [0.1, 0.15) is 5.84 Å². The zero-order valence-corrected chi connectivity index (χ0v) is 12.6. The van der Waals surface area contributed by atoms with Gasteiger partial charge in [-0.05, 0) is 18.6 Å². The highest BCUT2D eigenvalue weighted by Gasteiger charge is 2.27. The SMILES string of the molecule is C=Cc1cnc(C(=O)N[C@H]2CCN(C(=N)c3ccc[nH]3)C2)nc1. The molecule has 118 valence electrons. The molecule has 1 aliphatic rings. The number of carbonyl (C=O) groups excluding carboxylic acids is 1. The smallest absolute Gasteiger partial charge is 0.289 e. The van der Waals surface area contributed by atoms with Gasteiger partial charge < -0.3 is 15.2 Å². The first kappa shape index (κ1) is 15.0. The monoisotopic (exact) mass is 310 g/mol. The Bertz CT molecular complexity index is 707. The lowest BCUT2D eigenvalue weighted by molar-refractivity contribution is 0.0928. The maximum Gasteiger partial charge on any atom is 0.289 e. The molecule has 0 aromatic carbocycles. The lowest BCUT2D eigenvalue weighted by atomic mass is 10.2. The molecular weight excluding hydrogens is 292 g/mol. The molecule has 1 aliphatic heterocycles. The van der Waals surface area contributed by atoms with Crippen molar-refractivity contribution in [2.24, 2.45) is 0 Å². The van der Waals surface area contributed by atoms with E-state index in [1.807, 2.05) is 17.0 Å². The van der Waals surface area contributed by atoms with Gasteiger partial charge in [0.05, 0.1) is 5.69 Å². The predicted octanol–water partition coefficient (Wildman–Crippen LogP) is 1.28. The van der Waals surface area contributed by atoms with Crippen LogP contribution >= 0.6 is 0 Å². The second-order valence-electron chi connectivity index (χ2n) is 5.38. The van der Waals surface area contributed by atoms with E-state index in [0.29, 0.717) is 12.4 Å². The average Bonchev–Trinajstić information content (AvgIpc) is 3.26. The molecule has 1 fully saturated rings. The molecule has 3 rings (SSSR count). The van der Waals surface area contributed by atoms with Gasteiger partial charge >= 0.3 is 0 Å². The highest BCUT2D eigenvalue weighted by atomic mass is 16.2. The van der Waals surface area contributed by atoms with Crippen LogP contribution in [0.1, 0.15) is 28.3 Å². The third kappa shape index (κ3) is 3.28. The lowest BCUT2D eigenvalue weighted by Gasteiger charge is -2.18. The van der Waals surface area contributed by atoms with Crippen LogP contribution in [-0.2, 0) is 0 Å². The maximum absolute atomic E-state index is 12.2. The van der Waals surface area contributed by atoms with E-state index in [2.05, 4.69) is 26.8 Å². The van der Waals surface area contributed by atoms with E-state index in [4.69, 9.17) is 5.41 Å². The fourth-order valence-electron chi connectivity index (χ4n) is 2.54. The van der Waals surface area contributed by atoms with E-state index in [9.17, 15) is 4.79 Å². The molecule has 2 aromatic heterocycles. The zero-order valence-electron chi connectivity index (χ0n) is 12.6. The first-order valence-electron chi connectivity index (χ1n) is 7.40. The molecule has 3 heterocycles. The van der Waals surface area contributed by atoms with Gasteiger partial charge in [-0.1, -0.05) is 12.7 Å². The number of likely N-dealkylation sites (tertiary alicyclic amines) is 1. The topological polar surface area (TPSA) is 97.8 Å². The normalized spacial score (nSPS) is 17.0. The Morgan fingerprint density at radius 1 is 1.48 bits per heavy atom. The number of amidine groups is 1. The minimum absolute atomic E-state index is 0.0134. The molecular formula is C16H18N6O. The minimum Gasteiger partial charge on any atom is -0.359 e. The molecule has 0 saturated carbocycles. The van der Waals surface area contributed by atoms with Crippen LogP contribution < -0.4 is 5.32 Å². The van der Waals surface area contributed by atoms with E-state index < -0.39 is 0 Å². The summed E-state index contributed by atoms with van der Waals surface area (Å²) in [5.74, 6) is 0.297. The fraction of sp³-hybridized carbons (Fsp3) is 0.250. The molecule has 3 N–H and O–H groups in total. The molecule has 0 aliphatic carbocycles. The molecule has 23 heavy (non-hydrogen) atoms. The average molecular weight is 310 g/mol. The second kappa shape index (κ2) is 6.43. The summed E-state index contributed by atoms with van der Waals surface area (Å²) in [5, 5.41) is 11.1. The number of aromatic nitrogens is 3. The Morgan fingerprint density at radius 3 is 2.91 bits per heavy atom. The number of aromatic amines is 1. The standard InChI is InChI=1S/C16H18N6O/c1-2-11-8-19-15(20-9-11)16(23)21-12-5-7-22(10-12)14(17)13-4-3-6-18-13/h2-4,6,8-9,12,17-18H,1,5,7,10H2,(H,21,23)/t12-/m0/s1. The lowest BCUT2D eigenvalue weighted by Crippen LogP contribution is -2.39. The first-order valence-corrected chi connectivity index (χ1v) is 7.40. The predicted molar refractivity (Wildman–Crippen MR) is 87.2 cm³/mol.